The number of carbonyl (C=O) groups excluding carboxylic acids is 2. The van der Waals surface area contributed by atoms with Crippen molar-refractivity contribution in [2.24, 2.45) is 0 Å². The van der Waals surface area contributed by atoms with Gasteiger partial charge in [-0.25, -0.2) is 4.79 Å². The van der Waals surface area contributed by atoms with E-state index in [-0.39, 0.29) is 17.4 Å². The molecule has 6 heteroatoms. The second-order valence-corrected chi connectivity index (χ2v) is 16.0. The van der Waals surface area contributed by atoms with E-state index in [0.717, 1.165) is 16.7 Å². The second-order valence-electron chi connectivity index (χ2n) is 11.2. The number of hydrogen-bond donors (Lipinski definition) is 1. The van der Waals surface area contributed by atoms with Gasteiger partial charge in [0.2, 0.25) is 5.91 Å². The lowest BCUT2D eigenvalue weighted by Crippen LogP contribution is -2.46. The molecule has 0 spiro atoms. The summed E-state index contributed by atoms with van der Waals surface area (Å²) in [4.78, 5) is 26.5. The van der Waals surface area contributed by atoms with Crippen molar-refractivity contribution in [2.45, 2.75) is 63.2 Å². The molecule has 3 aromatic rings. The molecule has 0 aromatic heterocycles. The van der Waals surface area contributed by atoms with Crippen molar-refractivity contribution in [1.29, 1.82) is 0 Å². The van der Waals surface area contributed by atoms with E-state index in [0.29, 0.717) is 13.0 Å². The molecule has 0 fully saturated rings. The summed E-state index contributed by atoms with van der Waals surface area (Å²) >= 11 is 0. The van der Waals surface area contributed by atoms with Gasteiger partial charge in [-0.1, -0.05) is 112 Å². The Balaban J connectivity index is 1.93. The van der Waals surface area contributed by atoms with E-state index in [2.05, 4.69) is 75.6 Å². The van der Waals surface area contributed by atoms with Gasteiger partial charge in [0.15, 0.2) is 8.32 Å². The summed E-state index contributed by atoms with van der Waals surface area (Å²) in [6.45, 7) is 11.2. The molecule has 0 aliphatic heterocycles. The van der Waals surface area contributed by atoms with E-state index in [9.17, 15) is 9.59 Å². The highest BCUT2D eigenvalue weighted by Gasteiger charge is 2.40. The van der Waals surface area contributed by atoms with Gasteiger partial charge in [-0.15, -0.1) is 0 Å². The lowest BCUT2D eigenvalue weighted by molar-refractivity contribution is -0.145. The first kappa shape index (κ1) is 29.3. The molecule has 0 saturated carbocycles. The number of rotatable bonds is 11. The van der Waals surface area contributed by atoms with Crippen LogP contribution in [-0.2, 0) is 24.2 Å². The Morgan fingerprint density at radius 3 is 1.58 bits per heavy atom. The van der Waals surface area contributed by atoms with E-state index in [1.165, 1.54) is 7.11 Å². The van der Waals surface area contributed by atoms with Crippen LogP contribution in [0.5, 0.6) is 0 Å². The van der Waals surface area contributed by atoms with Gasteiger partial charge in [-0.3, -0.25) is 4.79 Å². The molecule has 0 heterocycles. The largest absolute Gasteiger partial charge is 0.467 e. The Bertz CT molecular complexity index is 1080. The standard InChI is InChI=1S/C32H41NO4Si/c1-31(2,3)38(5,6)37-23-22-28(30(35)36-4)33-29(34)24-32(25-16-10-7-11-17-25,26-18-12-8-13-19-26)27-20-14-9-15-21-27/h7-21,28H,22-24H2,1-6H3,(H,33,34)/t28-/m0/s1. The molecule has 5 nitrogen and oxygen atoms in total. The molecule has 202 valence electrons. The van der Waals surface area contributed by atoms with E-state index < -0.39 is 25.7 Å². The third-order valence-corrected chi connectivity index (χ3v) is 12.3. The van der Waals surface area contributed by atoms with Gasteiger partial charge in [-0.05, 0) is 34.8 Å². The van der Waals surface area contributed by atoms with Crippen molar-refractivity contribution in [2.75, 3.05) is 13.7 Å². The summed E-state index contributed by atoms with van der Waals surface area (Å²) in [5.74, 6) is -0.703. The highest BCUT2D eigenvalue weighted by atomic mass is 28.4. The first-order valence-corrected chi connectivity index (χ1v) is 16.1. The Morgan fingerprint density at radius 2 is 1.21 bits per heavy atom. The Morgan fingerprint density at radius 1 is 0.789 bits per heavy atom. The number of methoxy groups -OCH3 is 1. The monoisotopic (exact) mass is 531 g/mol. The number of nitrogens with one attached hydrogen (secondary N) is 1. The van der Waals surface area contributed by atoms with Crippen LogP contribution in [0, 0.1) is 0 Å². The Labute approximate surface area is 228 Å². The molecule has 3 rings (SSSR count). The fraction of sp³-hybridized carbons (Fsp3) is 0.375. The lowest BCUT2D eigenvalue weighted by Gasteiger charge is -2.37. The number of carbonyl (C=O) groups is 2. The third-order valence-electron chi connectivity index (χ3n) is 7.72. The minimum absolute atomic E-state index is 0.0532. The second kappa shape index (κ2) is 12.5. The van der Waals surface area contributed by atoms with Crippen molar-refractivity contribution in [3.8, 4) is 0 Å². The highest BCUT2D eigenvalue weighted by molar-refractivity contribution is 6.74. The molecule has 0 aliphatic rings. The molecule has 0 saturated heterocycles. The molecule has 38 heavy (non-hydrogen) atoms. The van der Waals surface area contributed by atoms with Crippen LogP contribution in [0.25, 0.3) is 0 Å². The van der Waals surface area contributed by atoms with Crippen molar-refractivity contribution in [3.63, 3.8) is 0 Å². The average molecular weight is 532 g/mol. The van der Waals surface area contributed by atoms with Gasteiger partial charge in [-0.2, -0.15) is 0 Å². The fourth-order valence-electron chi connectivity index (χ4n) is 4.50. The predicted octanol–water partition coefficient (Wildman–Crippen LogP) is 6.48. The zero-order chi connectivity index (χ0) is 27.8. The molecule has 3 aromatic carbocycles. The molecule has 1 amide bonds. The average Bonchev–Trinajstić information content (AvgIpc) is 2.91. The normalized spacial score (nSPS) is 13.0. The predicted molar refractivity (Wildman–Crippen MR) is 156 cm³/mol. The van der Waals surface area contributed by atoms with Crippen LogP contribution in [0.4, 0.5) is 0 Å². The van der Waals surface area contributed by atoms with Gasteiger partial charge in [0.25, 0.3) is 0 Å². The van der Waals surface area contributed by atoms with Crippen molar-refractivity contribution < 1.29 is 18.8 Å². The fourth-order valence-corrected chi connectivity index (χ4v) is 5.56. The molecule has 0 bridgehead atoms. The minimum Gasteiger partial charge on any atom is -0.467 e. The van der Waals surface area contributed by atoms with Crippen LogP contribution in [-0.4, -0.2) is 40.0 Å². The number of ether oxygens (including phenoxy) is 1. The van der Waals surface area contributed by atoms with Crippen LogP contribution in [0.1, 0.15) is 50.3 Å². The van der Waals surface area contributed by atoms with Crippen molar-refractivity contribution >= 4 is 20.2 Å². The molecule has 0 radical (unpaired) electrons. The smallest absolute Gasteiger partial charge is 0.328 e. The van der Waals surface area contributed by atoms with Gasteiger partial charge in [0.05, 0.1) is 12.5 Å². The summed E-state index contributed by atoms with van der Waals surface area (Å²) in [5, 5.41) is 3.03. The first-order valence-electron chi connectivity index (χ1n) is 13.2. The summed E-state index contributed by atoms with van der Waals surface area (Å²) in [6.07, 6.45) is 0.474. The quantitative estimate of drug-likeness (QED) is 0.175. The summed E-state index contributed by atoms with van der Waals surface area (Å²) in [5.41, 5.74) is 2.27. The molecule has 0 aliphatic carbocycles. The highest BCUT2D eigenvalue weighted by Crippen LogP contribution is 2.42. The lowest BCUT2D eigenvalue weighted by atomic mass is 9.67. The Hall–Kier alpha value is -3.22. The number of amides is 1. The number of benzene rings is 3. The molecular formula is C32H41NO4Si. The molecule has 1 N–H and O–H groups in total. The topological polar surface area (TPSA) is 64.6 Å². The maximum absolute atomic E-state index is 13.8. The summed E-state index contributed by atoms with van der Waals surface area (Å²) in [6, 6.07) is 29.4. The van der Waals surface area contributed by atoms with Gasteiger partial charge in [0.1, 0.15) is 6.04 Å². The zero-order valence-corrected chi connectivity index (χ0v) is 24.5. The Kier molecular flexibility index (Phi) is 9.69. The van der Waals surface area contributed by atoms with Crippen LogP contribution in [0.3, 0.4) is 0 Å². The molecule has 0 unspecified atom stereocenters. The first-order chi connectivity index (χ1) is 18.0. The van der Waals surface area contributed by atoms with E-state index in [1.807, 2.05) is 54.6 Å². The van der Waals surface area contributed by atoms with Crippen LogP contribution in [0.2, 0.25) is 18.1 Å². The maximum Gasteiger partial charge on any atom is 0.328 e. The summed E-state index contributed by atoms with van der Waals surface area (Å²) < 4.78 is 11.3. The number of hydrogen-bond acceptors (Lipinski definition) is 4. The van der Waals surface area contributed by atoms with Gasteiger partial charge in [0, 0.05) is 19.4 Å². The van der Waals surface area contributed by atoms with Crippen LogP contribution in [0.15, 0.2) is 91.0 Å². The maximum atomic E-state index is 13.8. The van der Waals surface area contributed by atoms with E-state index >= 15 is 0 Å². The van der Waals surface area contributed by atoms with Crippen molar-refractivity contribution in [3.05, 3.63) is 108 Å². The molecular weight excluding hydrogens is 490 g/mol. The number of esters is 1. The molecule has 1 atom stereocenters. The zero-order valence-electron chi connectivity index (χ0n) is 23.5. The minimum atomic E-state index is -1.99. The summed E-state index contributed by atoms with van der Waals surface area (Å²) in [7, 11) is -0.646. The SMILES string of the molecule is COC(=O)[C@H](CCO[Si](C)(C)C(C)(C)C)NC(=O)CC(c1ccccc1)(c1ccccc1)c1ccccc1. The van der Waals surface area contributed by atoms with Gasteiger partial charge >= 0.3 is 5.97 Å². The van der Waals surface area contributed by atoms with E-state index in [4.69, 9.17) is 9.16 Å². The third kappa shape index (κ3) is 6.80. The van der Waals surface area contributed by atoms with Crippen molar-refractivity contribution in [1.82, 2.24) is 5.32 Å². The van der Waals surface area contributed by atoms with Gasteiger partial charge < -0.3 is 14.5 Å². The van der Waals surface area contributed by atoms with Crippen LogP contribution < -0.4 is 5.32 Å². The van der Waals surface area contributed by atoms with E-state index in [1.54, 1.807) is 0 Å². The van der Waals surface area contributed by atoms with Crippen LogP contribution >= 0.6 is 0 Å².